The summed E-state index contributed by atoms with van der Waals surface area (Å²) in [4.78, 5) is 26.4. The molecule has 1 aliphatic carbocycles. The number of carbonyl (C=O) groups excluding carboxylic acids is 2. The van der Waals surface area contributed by atoms with E-state index in [4.69, 9.17) is 4.74 Å². The number of piperidine rings is 1. The molecule has 0 unspecified atom stereocenters. The van der Waals surface area contributed by atoms with Gasteiger partial charge in [-0.3, -0.25) is 4.79 Å². The van der Waals surface area contributed by atoms with E-state index in [0.29, 0.717) is 18.8 Å². The molecule has 6 nitrogen and oxygen atoms in total. The van der Waals surface area contributed by atoms with E-state index in [9.17, 15) is 9.59 Å². The zero-order valence-electron chi connectivity index (χ0n) is 16.1. The maximum atomic E-state index is 12.7. The SMILES string of the molecule is COCC1(C2CCC2)CN(C(=O)N[C@@H]2CCC(=O)N[C@H]2C(C)(C)C)C1. The molecule has 25 heavy (non-hydrogen) atoms. The second-order valence-electron chi connectivity index (χ2n) is 9.29. The Balaban J connectivity index is 1.58. The molecule has 2 atom stereocenters. The van der Waals surface area contributed by atoms with Gasteiger partial charge in [0.05, 0.1) is 18.7 Å². The summed E-state index contributed by atoms with van der Waals surface area (Å²) in [7, 11) is 1.75. The molecule has 6 heteroatoms. The van der Waals surface area contributed by atoms with E-state index in [1.807, 2.05) is 4.90 Å². The van der Waals surface area contributed by atoms with Crippen LogP contribution in [0.3, 0.4) is 0 Å². The maximum absolute atomic E-state index is 12.7. The van der Waals surface area contributed by atoms with Gasteiger partial charge in [0.25, 0.3) is 0 Å². The highest BCUT2D eigenvalue weighted by Crippen LogP contribution is 2.48. The fourth-order valence-electron chi connectivity index (χ4n) is 4.66. The summed E-state index contributed by atoms with van der Waals surface area (Å²) in [6.07, 6.45) is 5.02. The van der Waals surface area contributed by atoms with E-state index in [1.54, 1.807) is 7.11 Å². The summed E-state index contributed by atoms with van der Waals surface area (Å²) in [5, 5.41) is 6.25. The Hall–Kier alpha value is -1.30. The van der Waals surface area contributed by atoms with Crippen LogP contribution in [0.15, 0.2) is 0 Å². The van der Waals surface area contributed by atoms with Crippen molar-refractivity contribution in [2.45, 2.75) is 65.0 Å². The van der Waals surface area contributed by atoms with Crippen LogP contribution in [-0.4, -0.2) is 55.7 Å². The Morgan fingerprint density at radius 2 is 2.00 bits per heavy atom. The maximum Gasteiger partial charge on any atom is 0.317 e. The van der Waals surface area contributed by atoms with Crippen molar-refractivity contribution in [1.82, 2.24) is 15.5 Å². The van der Waals surface area contributed by atoms with Gasteiger partial charge in [-0.25, -0.2) is 4.79 Å². The van der Waals surface area contributed by atoms with Crippen LogP contribution in [0, 0.1) is 16.7 Å². The molecule has 0 aromatic heterocycles. The first kappa shape index (κ1) is 18.5. The Kier molecular flexibility index (Phi) is 5.02. The highest BCUT2D eigenvalue weighted by Gasteiger charge is 2.52. The lowest BCUT2D eigenvalue weighted by Gasteiger charge is -2.56. The van der Waals surface area contributed by atoms with Crippen LogP contribution < -0.4 is 10.6 Å². The molecule has 2 aliphatic heterocycles. The molecule has 0 bridgehead atoms. The number of amides is 3. The van der Waals surface area contributed by atoms with E-state index < -0.39 is 0 Å². The van der Waals surface area contributed by atoms with Crippen LogP contribution >= 0.6 is 0 Å². The van der Waals surface area contributed by atoms with Crippen molar-refractivity contribution in [2.24, 2.45) is 16.7 Å². The predicted octanol–water partition coefficient (Wildman–Crippen LogP) is 2.14. The number of nitrogens with one attached hydrogen (secondary N) is 2. The van der Waals surface area contributed by atoms with E-state index in [-0.39, 0.29) is 34.9 Å². The summed E-state index contributed by atoms with van der Waals surface area (Å²) < 4.78 is 5.45. The monoisotopic (exact) mass is 351 g/mol. The lowest BCUT2D eigenvalue weighted by molar-refractivity contribution is -0.125. The molecule has 3 rings (SSSR count). The number of methoxy groups -OCH3 is 1. The molecule has 3 amide bonds. The number of rotatable bonds is 4. The Bertz CT molecular complexity index is 518. The minimum atomic E-state index is -0.0886. The minimum absolute atomic E-state index is 0.00134. The smallest absolute Gasteiger partial charge is 0.317 e. The normalized spacial score (nSPS) is 29.4. The standard InChI is InChI=1S/C19H33N3O3/c1-18(2,3)16-14(8-9-15(23)21-16)20-17(24)22-10-19(11-22,12-25-4)13-6-5-7-13/h13-14,16H,5-12H2,1-4H3,(H,20,24)(H,21,23)/t14-,16-/m1/s1. The van der Waals surface area contributed by atoms with Gasteiger partial charge in [0, 0.05) is 32.0 Å². The first-order valence-corrected chi connectivity index (χ1v) is 9.59. The van der Waals surface area contributed by atoms with Crippen molar-refractivity contribution in [2.75, 3.05) is 26.8 Å². The number of hydrogen-bond donors (Lipinski definition) is 2. The zero-order chi connectivity index (χ0) is 18.2. The number of hydrogen-bond acceptors (Lipinski definition) is 3. The van der Waals surface area contributed by atoms with Crippen molar-refractivity contribution in [3.63, 3.8) is 0 Å². The summed E-state index contributed by atoms with van der Waals surface area (Å²) in [6, 6.07) is -0.0397. The third-order valence-corrected chi connectivity index (χ3v) is 6.34. The molecule has 2 N–H and O–H groups in total. The number of urea groups is 1. The van der Waals surface area contributed by atoms with Gasteiger partial charge in [-0.2, -0.15) is 0 Å². The Labute approximate surface area is 151 Å². The first-order valence-electron chi connectivity index (χ1n) is 9.59. The van der Waals surface area contributed by atoms with Gasteiger partial charge in [0.2, 0.25) is 5.91 Å². The molecule has 2 saturated heterocycles. The second-order valence-corrected chi connectivity index (χ2v) is 9.29. The fourth-order valence-corrected chi connectivity index (χ4v) is 4.66. The van der Waals surface area contributed by atoms with Gasteiger partial charge in [0.15, 0.2) is 0 Å². The van der Waals surface area contributed by atoms with Crippen LogP contribution in [0.25, 0.3) is 0 Å². The highest BCUT2D eigenvalue weighted by molar-refractivity contribution is 5.79. The van der Waals surface area contributed by atoms with Crippen molar-refractivity contribution < 1.29 is 14.3 Å². The quantitative estimate of drug-likeness (QED) is 0.815. The zero-order valence-corrected chi connectivity index (χ0v) is 16.1. The number of carbonyl (C=O) groups is 2. The third kappa shape index (κ3) is 3.64. The number of likely N-dealkylation sites (tertiary alicyclic amines) is 1. The Morgan fingerprint density at radius 3 is 2.52 bits per heavy atom. The second kappa shape index (κ2) is 6.78. The van der Waals surface area contributed by atoms with Crippen LogP contribution in [0.4, 0.5) is 4.79 Å². The Morgan fingerprint density at radius 1 is 1.32 bits per heavy atom. The van der Waals surface area contributed by atoms with E-state index in [0.717, 1.165) is 19.7 Å². The van der Waals surface area contributed by atoms with Gasteiger partial charge in [-0.05, 0) is 30.6 Å². The van der Waals surface area contributed by atoms with Crippen LogP contribution in [0.5, 0.6) is 0 Å². The molecular weight excluding hydrogens is 318 g/mol. The molecule has 0 spiro atoms. The van der Waals surface area contributed by atoms with E-state index in [1.165, 1.54) is 19.3 Å². The van der Waals surface area contributed by atoms with Gasteiger partial charge in [-0.1, -0.05) is 27.2 Å². The predicted molar refractivity (Wildman–Crippen MR) is 96.2 cm³/mol. The van der Waals surface area contributed by atoms with Crippen LogP contribution in [0.1, 0.15) is 52.9 Å². The van der Waals surface area contributed by atoms with Crippen LogP contribution in [-0.2, 0) is 9.53 Å². The highest BCUT2D eigenvalue weighted by atomic mass is 16.5. The fraction of sp³-hybridized carbons (Fsp3) is 0.895. The largest absolute Gasteiger partial charge is 0.384 e. The molecule has 142 valence electrons. The minimum Gasteiger partial charge on any atom is -0.384 e. The third-order valence-electron chi connectivity index (χ3n) is 6.34. The molecule has 3 fully saturated rings. The van der Waals surface area contributed by atoms with Gasteiger partial charge in [-0.15, -0.1) is 0 Å². The molecule has 0 aromatic carbocycles. The van der Waals surface area contributed by atoms with Crippen LogP contribution in [0.2, 0.25) is 0 Å². The summed E-state index contributed by atoms with van der Waals surface area (Å²) in [5.74, 6) is 0.784. The summed E-state index contributed by atoms with van der Waals surface area (Å²) >= 11 is 0. The van der Waals surface area contributed by atoms with Gasteiger partial charge < -0.3 is 20.3 Å². The molecule has 3 aliphatic rings. The van der Waals surface area contributed by atoms with Crippen molar-refractivity contribution in [3.05, 3.63) is 0 Å². The molecule has 0 radical (unpaired) electrons. The first-order chi connectivity index (χ1) is 11.7. The van der Waals surface area contributed by atoms with Gasteiger partial charge >= 0.3 is 6.03 Å². The average molecular weight is 351 g/mol. The van der Waals surface area contributed by atoms with Crippen molar-refractivity contribution in [1.29, 1.82) is 0 Å². The number of ether oxygens (including phenoxy) is 1. The summed E-state index contributed by atoms with van der Waals surface area (Å²) in [6.45, 7) is 8.63. The lowest BCUT2D eigenvalue weighted by Crippen LogP contribution is -2.68. The van der Waals surface area contributed by atoms with Gasteiger partial charge in [0.1, 0.15) is 0 Å². The summed E-state index contributed by atoms with van der Waals surface area (Å²) in [5.41, 5.74) is 0.0727. The van der Waals surface area contributed by atoms with E-state index >= 15 is 0 Å². The number of nitrogens with zero attached hydrogens (tertiary/aromatic N) is 1. The average Bonchev–Trinajstić information content (AvgIpc) is 2.43. The molecular formula is C19H33N3O3. The lowest BCUT2D eigenvalue weighted by atomic mass is 9.61. The molecule has 2 heterocycles. The molecule has 0 aromatic rings. The molecule has 1 saturated carbocycles. The van der Waals surface area contributed by atoms with E-state index in [2.05, 4.69) is 31.4 Å². The van der Waals surface area contributed by atoms with Crippen molar-refractivity contribution >= 4 is 11.9 Å². The topological polar surface area (TPSA) is 70.7 Å². The van der Waals surface area contributed by atoms with Crippen molar-refractivity contribution in [3.8, 4) is 0 Å².